The summed E-state index contributed by atoms with van der Waals surface area (Å²) < 4.78 is 0. The molecular weight excluding hydrogens is 170 g/mol. The third-order valence-corrected chi connectivity index (χ3v) is 2.19. The van der Waals surface area contributed by atoms with Gasteiger partial charge in [-0.25, -0.2) is 0 Å². The minimum Gasteiger partial charge on any atom is -0.369 e. The molecule has 5 heteroatoms. The molecule has 0 saturated carbocycles. The molecule has 1 heterocycles. The lowest BCUT2D eigenvalue weighted by Gasteiger charge is -2.29. The van der Waals surface area contributed by atoms with Crippen LogP contribution in [0.15, 0.2) is 0 Å². The number of hydrogen-bond acceptors (Lipinski definition) is 4. The Morgan fingerprint density at radius 3 is 3.00 bits per heavy atom. The third-order valence-electron chi connectivity index (χ3n) is 2.19. The van der Waals surface area contributed by atoms with Gasteiger partial charge in [0.2, 0.25) is 5.91 Å². The van der Waals surface area contributed by atoms with E-state index in [1.165, 1.54) is 0 Å². The molecule has 1 amide bonds. The van der Waals surface area contributed by atoms with E-state index in [-0.39, 0.29) is 18.4 Å². The van der Waals surface area contributed by atoms with Crippen molar-refractivity contribution in [2.24, 2.45) is 5.73 Å². The summed E-state index contributed by atoms with van der Waals surface area (Å²) in [5.74, 6) is -0.219. The molecule has 13 heavy (non-hydrogen) atoms. The highest BCUT2D eigenvalue weighted by Gasteiger charge is 2.26. The lowest BCUT2D eigenvalue weighted by molar-refractivity contribution is -0.126. The fourth-order valence-corrected chi connectivity index (χ4v) is 1.49. The number of primary amides is 1. The maximum absolute atomic E-state index is 11.4. The summed E-state index contributed by atoms with van der Waals surface area (Å²) in [5, 5.41) is 3.10. The van der Waals surface area contributed by atoms with Crippen molar-refractivity contribution in [3.8, 4) is 0 Å². The van der Waals surface area contributed by atoms with Crippen molar-refractivity contribution in [3.05, 3.63) is 0 Å². The van der Waals surface area contributed by atoms with Gasteiger partial charge in [0.05, 0.1) is 12.6 Å². The highest BCUT2D eigenvalue weighted by Crippen LogP contribution is 2.03. The molecule has 1 saturated heterocycles. The number of carbonyl (C=O) groups excluding carboxylic acids is 2. The largest absolute Gasteiger partial charge is 0.369 e. The fraction of sp³-hybridized carbons (Fsp3) is 0.750. The van der Waals surface area contributed by atoms with Crippen LogP contribution in [0.25, 0.3) is 0 Å². The summed E-state index contributed by atoms with van der Waals surface area (Å²) in [6, 6.07) is -0.193. The summed E-state index contributed by atoms with van der Waals surface area (Å²) in [6.45, 7) is 1.49. The Balaban J connectivity index is 2.48. The summed E-state index contributed by atoms with van der Waals surface area (Å²) in [4.78, 5) is 23.7. The predicted octanol–water partition coefficient (Wildman–Crippen LogP) is -1.67. The number of nitrogens with zero attached hydrogens (tertiary/aromatic N) is 1. The van der Waals surface area contributed by atoms with Crippen molar-refractivity contribution in [2.45, 2.75) is 12.5 Å². The smallest absolute Gasteiger partial charge is 0.231 e. The average molecular weight is 185 g/mol. The molecule has 1 aliphatic rings. The lowest BCUT2D eigenvalue weighted by Crippen LogP contribution is -2.52. The van der Waals surface area contributed by atoms with E-state index in [0.717, 1.165) is 6.54 Å². The van der Waals surface area contributed by atoms with E-state index in [2.05, 4.69) is 5.32 Å². The zero-order chi connectivity index (χ0) is 9.84. The predicted molar refractivity (Wildman–Crippen MR) is 48.1 cm³/mol. The maximum atomic E-state index is 11.4. The minimum absolute atomic E-state index is 0.137. The number of rotatable bonds is 3. The van der Waals surface area contributed by atoms with Crippen LogP contribution < -0.4 is 11.1 Å². The van der Waals surface area contributed by atoms with Gasteiger partial charge < -0.3 is 11.1 Å². The third kappa shape index (κ3) is 2.78. The molecule has 0 aromatic rings. The number of hydrogen-bond donors (Lipinski definition) is 2. The Kier molecular flexibility index (Phi) is 3.39. The molecule has 0 aliphatic carbocycles. The van der Waals surface area contributed by atoms with E-state index < -0.39 is 5.91 Å². The van der Waals surface area contributed by atoms with Crippen LogP contribution in [0.4, 0.5) is 0 Å². The van der Waals surface area contributed by atoms with Crippen LogP contribution in [0.2, 0.25) is 0 Å². The van der Waals surface area contributed by atoms with Gasteiger partial charge in [-0.05, 0) is 7.05 Å². The van der Waals surface area contributed by atoms with Gasteiger partial charge in [-0.15, -0.1) is 0 Å². The topological polar surface area (TPSA) is 75.4 Å². The van der Waals surface area contributed by atoms with Gasteiger partial charge in [-0.1, -0.05) is 0 Å². The van der Waals surface area contributed by atoms with Crippen LogP contribution in [0.5, 0.6) is 0 Å². The number of carbonyl (C=O) groups is 2. The summed E-state index contributed by atoms with van der Waals surface area (Å²) in [5.41, 5.74) is 5.03. The first-order valence-electron chi connectivity index (χ1n) is 4.33. The van der Waals surface area contributed by atoms with Gasteiger partial charge in [0.25, 0.3) is 0 Å². The second-order valence-corrected chi connectivity index (χ2v) is 3.32. The highest BCUT2D eigenvalue weighted by atomic mass is 16.1. The number of likely N-dealkylation sites (N-methyl/N-ethyl adjacent to an activating group) is 1. The van der Waals surface area contributed by atoms with Crippen molar-refractivity contribution in [2.75, 3.05) is 26.7 Å². The minimum atomic E-state index is -0.402. The first kappa shape index (κ1) is 10.1. The molecule has 1 atom stereocenters. The molecular formula is C8H15N3O2. The molecule has 1 unspecified atom stereocenters. The second-order valence-electron chi connectivity index (χ2n) is 3.32. The van der Waals surface area contributed by atoms with Gasteiger partial charge in [0, 0.05) is 19.5 Å². The number of piperidine rings is 1. The van der Waals surface area contributed by atoms with Crippen LogP contribution in [-0.2, 0) is 9.59 Å². The Labute approximate surface area is 77.3 Å². The molecule has 3 N–H and O–H groups in total. The first-order chi connectivity index (χ1) is 6.11. The number of amides is 1. The van der Waals surface area contributed by atoms with Crippen LogP contribution in [0.1, 0.15) is 6.42 Å². The fourth-order valence-electron chi connectivity index (χ4n) is 1.49. The van der Waals surface area contributed by atoms with Gasteiger partial charge >= 0.3 is 0 Å². The molecule has 5 nitrogen and oxygen atoms in total. The highest BCUT2D eigenvalue weighted by molar-refractivity contribution is 5.86. The summed E-state index contributed by atoms with van der Waals surface area (Å²) in [6.07, 6.45) is 0.535. The first-order valence-corrected chi connectivity index (χ1v) is 4.33. The maximum Gasteiger partial charge on any atom is 0.231 e. The van der Waals surface area contributed by atoms with Crippen LogP contribution in [0.3, 0.4) is 0 Å². The van der Waals surface area contributed by atoms with Crippen molar-refractivity contribution < 1.29 is 9.59 Å². The molecule has 0 spiro atoms. The van der Waals surface area contributed by atoms with E-state index in [0.29, 0.717) is 13.0 Å². The zero-order valence-electron chi connectivity index (χ0n) is 7.75. The number of nitrogens with two attached hydrogens (primary N) is 1. The molecule has 1 aliphatic heterocycles. The molecule has 0 aromatic carbocycles. The zero-order valence-corrected chi connectivity index (χ0v) is 7.75. The number of Topliss-reactive ketones (excluding diaryl/α,β-unsaturated/α-hetero) is 1. The van der Waals surface area contributed by atoms with Crippen molar-refractivity contribution in [1.29, 1.82) is 0 Å². The quantitative estimate of drug-likeness (QED) is 0.551. The van der Waals surface area contributed by atoms with Gasteiger partial charge in [0.1, 0.15) is 0 Å². The van der Waals surface area contributed by atoms with E-state index in [1.807, 2.05) is 0 Å². The Hall–Kier alpha value is -0.940. The lowest BCUT2D eigenvalue weighted by atomic mass is 10.0. The molecule has 1 rings (SSSR count). The molecule has 1 fully saturated rings. The summed E-state index contributed by atoms with van der Waals surface area (Å²) in [7, 11) is 1.74. The second kappa shape index (κ2) is 4.34. The van der Waals surface area contributed by atoms with E-state index in [4.69, 9.17) is 5.73 Å². The van der Waals surface area contributed by atoms with Gasteiger partial charge in [0.15, 0.2) is 5.78 Å². The number of ketones is 1. The van der Waals surface area contributed by atoms with E-state index in [9.17, 15) is 9.59 Å². The van der Waals surface area contributed by atoms with Gasteiger partial charge in [-0.3, -0.25) is 14.5 Å². The number of nitrogens with one attached hydrogen (secondary N) is 1. The molecule has 74 valence electrons. The van der Waals surface area contributed by atoms with Crippen LogP contribution >= 0.6 is 0 Å². The average Bonchev–Trinajstić information content (AvgIpc) is 2.03. The Morgan fingerprint density at radius 1 is 1.77 bits per heavy atom. The van der Waals surface area contributed by atoms with E-state index >= 15 is 0 Å². The van der Waals surface area contributed by atoms with Gasteiger partial charge in [-0.2, -0.15) is 0 Å². The SMILES string of the molecule is CN(CC(N)=O)C1CNCCC1=O. The molecule has 0 bridgehead atoms. The van der Waals surface area contributed by atoms with Crippen molar-refractivity contribution in [3.63, 3.8) is 0 Å². The molecule has 0 aromatic heterocycles. The van der Waals surface area contributed by atoms with Crippen molar-refractivity contribution >= 4 is 11.7 Å². The monoisotopic (exact) mass is 185 g/mol. The standard InChI is InChI=1S/C8H15N3O2/c1-11(5-8(9)13)6-4-10-3-2-7(6)12/h6,10H,2-5H2,1H3,(H2,9,13). The van der Waals surface area contributed by atoms with Crippen LogP contribution in [-0.4, -0.2) is 49.3 Å². The van der Waals surface area contributed by atoms with Crippen molar-refractivity contribution in [1.82, 2.24) is 10.2 Å². The molecule has 0 radical (unpaired) electrons. The normalized spacial score (nSPS) is 23.5. The summed E-state index contributed by atoms with van der Waals surface area (Å²) >= 11 is 0. The Bertz CT molecular complexity index is 217. The van der Waals surface area contributed by atoms with E-state index in [1.54, 1.807) is 11.9 Å². The van der Waals surface area contributed by atoms with Crippen LogP contribution in [0, 0.1) is 0 Å². The Morgan fingerprint density at radius 2 is 2.46 bits per heavy atom.